The van der Waals surface area contributed by atoms with Gasteiger partial charge in [-0.3, -0.25) is 0 Å². The molecule has 0 aromatic heterocycles. The topological polar surface area (TPSA) is 9.23 Å². The van der Waals surface area contributed by atoms with Gasteiger partial charge in [-0.1, -0.05) is 29.8 Å². The standard InChI is InChI=1S/C10H11ClO.Mg/c11-9-5-2-1-4-8(9)10-6-3-7-12-10;/h1-2,4-5,10H,3,6-7H2;. The van der Waals surface area contributed by atoms with Gasteiger partial charge in [-0.05, 0) is 24.5 Å². The minimum absolute atomic E-state index is 0. The van der Waals surface area contributed by atoms with Crippen molar-refractivity contribution in [2.24, 2.45) is 0 Å². The lowest BCUT2D eigenvalue weighted by molar-refractivity contribution is 0.112. The summed E-state index contributed by atoms with van der Waals surface area (Å²) in [4.78, 5) is 0. The van der Waals surface area contributed by atoms with Crippen molar-refractivity contribution in [2.45, 2.75) is 18.9 Å². The summed E-state index contributed by atoms with van der Waals surface area (Å²) in [6.45, 7) is 0.871. The van der Waals surface area contributed by atoms with E-state index in [1.54, 1.807) is 0 Å². The maximum absolute atomic E-state index is 6.02. The van der Waals surface area contributed by atoms with Gasteiger partial charge in [0, 0.05) is 34.7 Å². The molecule has 1 saturated heterocycles. The Kier molecular flexibility index (Phi) is 4.52. The molecule has 2 radical (unpaired) electrons. The third-order valence-corrected chi connectivity index (χ3v) is 2.53. The van der Waals surface area contributed by atoms with Crippen molar-refractivity contribution in [3.05, 3.63) is 34.9 Å². The Morgan fingerprint density at radius 3 is 2.69 bits per heavy atom. The number of halogens is 1. The van der Waals surface area contributed by atoms with Crippen LogP contribution in [0.25, 0.3) is 0 Å². The summed E-state index contributed by atoms with van der Waals surface area (Å²) in [5, 5.41) is 0.824. The first-order chi connectivity index (χ1) is 5.88. The van der Waals surface area contributed by atoms with Crippen molar-refractivity contribution in [2.75, 3.05) is 6.61 Å². The maximum atomic E-state index is 6.02. The van der Waals surface area contributed by atoms with Gasteiger partial charge in [0.15, 0.2) is 0 Å². The molecule has 1 aliphatic rings. The molecule has 1 aliphatic heterocycles. The summed E-state index contributed by atoms with van der Waals surface area (Å²) >= 11 is 6.02. The van der Waals surface area contributed by atoms with Crippen LogP contribution in [0.4, 0.5) is 0 Å². The second-order valence-electron chi connectivity index (χ2n) is 3.02. The van der Waals surface area contributed by atoms with Gasteiger partial charge >= 0.3 is 0 Å². The van der Waals surface area contributed by atoms with Crippen LogP contribution in [0.15, 0.2) is 24.3 Å². The van der Waals surface area contributed by atoms with Crippen molar-refractivity contribution in [1.82, 2.24) is 0 Å². The quantitative estimate of drug-likeness (QED) is 0.643. The van der Waals surface area contributed by atoms with Gasteiger partial charge in [0.25, 0.3) is 0 Å². The minimum atomic E-state index is 0. The van der Waals surface area contributed by atoms with Crippen molar-refractivity contribution < 1.29 is 4.74 Å². The van der Waals surface area contributed by atoms with Crippen LogP contribution >= 0.6 is 11.6 Å². The van der Waals surface area contributed by atoms with E-state index < -0.39 is 0 Å². The molecule has 1 unspecified atom stereocenters. The Hall–Kier alpha value is 0.236. The summed E-state index contributed by atoms with van der Waals surface area (Å²) in [6, 6.07) is 7.90. The van der Waals surface area contributed by atoms with Gasteiger partial charge in [-0.2, -0.15) is 0 Å². The Balaban J connectivity index is 0.000000845. The average molecular weight is 207 g/mol. The Labute approximate surface area is 99.6 Å². The van der Waals surface area contributed by atoms with Gasteiger partial charge in [0.1, 0.15) is 0 Å². The molecule has 0 spiro atoms. The fourth-order valence-corrected chi connectivity index (χ4v) is 1.82. The third kappa shape index (κ3) is 2.59. The molecule has 2 rings (SSSR count). The Morgan fingerprint density at radius 2 is 2.08 bits per heavy atom. The molecule has 0 N–H and O–H groups in total. The van der Waals surface area contributed by atoms with Crippen molar-refractivity contribution in [3.8, 4) is 0 Å². The highest BCUT2D eigenvalue weighted by Gasteiger charge is 2.19. The molecule has 0 amide bonds. The van der Waals surface area contributed by atoms with Crippen molar-refractivity contribution >= 4 is 34.7 Å². The Morgan fingerprint density at radius 1 is 1.31 bits per heavy atom. The van der Waals surface area contributed by atoms with Crippen LogP contribution in [0.2, 0.25) is 5.02 Å². The largest absolute Gasteiger partial charge is 0.373 e. The zero-order valence-corrected chi connectivity index (χ0v) is 9.67. The van der Waals surface area contributed by atoms with Gasteiger partial charge in [0.2, 0.25) is 0 Å². The second kappa shape index (κ2) is 5.20. The van der Waals surface area contributed by atoms with Crippen LogP contribution in [0.5, 0.6) is 0 Å². The predicted octanol–water partition coefficient (Wildman–Crippen LogP) is 2.81. The molecule has 66 valence electrons. The lowest BCUT2D eigenvalue weighted by Gasteiger charge is -2.10. The average Bonchev–Trinajstić information content (AvgIpc) is 2.57. The molecule has 1 aromatic carbocycles. The summed E-state index contributed by atoms with van der Waals surface area (Å²) < 4.78 is 5.54. The molecule has 3 heteroatoms. The zero-order valence-electron chi connectivity index (χ0n) is 7.50. The normalized spacial score (nSPS) is 21.2. The number of ether oxygens (including phenoxy) is 1. The molecule has 1 atom stereocenters. The molecule has 0 bridgehead atoms. The maximum Gasteiger partial charge on any atom is 0.0840 e. The lowest BCUT2D eigenvalue weighted by atomic mass is 10.1. The predicted molar refractivity (Wildman–Crippen MR) is 55.1 cm³/mol. The van der Waals surface area contributed by atoms with Crippen LogP contribution in [-0.2, 0) is 4.74 Å². The fraction of sp³-hybridized carbons (Fsp3) is 0.400. The fourth-order valence-electron chi connectivity index (χ4n) is 1.56. The molecule has 1 nitrogen and oxygen atoms in total. The summed E-state index contributed by atoms with van der Waals surface area (Å²) in [5.41, 5.74) is 1.14. The van der Waals surface area contributed by atoms with Crippen LogP contribution in [0.1, 0.15) is 24.5 Å². The van der Waals surface area contributed by atoms with Crippen molar-refractivity contribution in [1.29, 1.82) is 0 Å². The molecule has 1 heterocycles. The molecular weight excluding hydrogens is 196 g/mol. The van der Waals surface area contributed by atoms with Crippen molar-refractivity contribution in [3.63, 3.8) is 0 Å². The van der Waals surface area contributed by atoms with E-state index in [-0.39, 0.29) is 29.2 Å². The van der Waals surface area contributed by atoms with Crippen LogP contribution in [0.3, 0.4) is 0 Å². The van der Waals surface area contributed by atoms with Gasteiger partial charge in [-0.25, -0.2) is 0 Å². The van der Waals surface area contributed by atoms with Crippen LogP contribution < -0.4 is 0 Å². The van der Waals surface area contributed by atoms with E-state index in [9.17, 15) is 0 Å². The third-order valence-electron chi connectivity index (χ3n) is 2.18. The summed E-state index contributed by atoms with van der Waals surface area (Å²) in [7, 11) is 0. The monoisotopic (exact) mass is 206 g/mol. The molecule has 1 aromatic rings. The van der Waals surface area contributed by atoms with E-state index in [2.05, 4.69) is 0 Å². The van der Waals surface area contributed by atoms with E-state index in [0.717, 1.165) is 30.0 Å². The minimum Gasteiger partial charge on any atom is -0.373 e. The van der Waals surface area contributed by atoms with Crippen LogP contribution in [0, 0.1) is 0 Å². The first kappa shape index (κ1) is 11.3. The molecule has 0 aliphatic carbocycles. The number of rotatable bonds is 1. The van der Waals surface area contributed by atoms with Gasteiger partial charge < -0.3 is 4.74 Å². The lowest BCUT2D eigenvalue weighted by Crippen LogP contribution is -1.95. The van der Waals surface area contributed by atoms with Crippen LogP contribution in [-0.4, -0.2) is 29.7 Å². The summed E-state index contributed by atoms with van der Waals surface area (Å²) in [5.74, 6) is 0. The van der Waals surface area contributed by atoms with E-state index >= 15 is 0 Å². The number of hydrogen-bond acceptors (Lipinski definition) is 1. The van der Waals surface area contributed by atoms with E-state index in [1.807, 2.05) is 24.3 Å². The molecule has 1 fully saturated rings. The molecular formula is C10H11ClMgO. The first-order valence-electron chi connectivity index (χ1n) is 4.24. The summed E-state index contributed by atoms with van der Waals surface area (Å²) in [6.07, 6.45) is 2.48. The smallest absolute Gasteiger partial charge is 0.0840 e. The SMILES string of the molecule is Clc1ccccc1C1CCCO1.[Mg]. The van der Waals surface area contributed by atoms with E-state index in [0.29, 0.717) is 0 Å². The van der Waals surface area contributed by atoms with E-state index in [1.165, 1.54) is 0 Å². The second-order valence-corrected chi connectivity index (χ2v) is 3.43. The number of hydrogen-bond donors (Lipinski definition) is 0. The highest BCUT2D eigenvalue weighted by atomic mass is 35.5. The molecule has 13 heavy (non-hydrogen) atoms. The highest BCUT2D eigenvalue weighted by Crippen LogP contribution is 2.32. The van der Waals surface area contributed by atoms with Gasteiger partial charge in [-0.15, -0.1) is 0 Å². The first-order valence-corrected chi connectivity index (χ1v) is 4.62. The number of benzene rings is 1. The highest BCUT2D eigenvalue weighted by molar-refractivity contribution is 6.31. The Bertz CT molecular complexity index is 271. The van der Waals surface area contributed by atoms with E-state index in [4.69, 9.17) is 16.3 Å². The molecule has 0 saturated carbocycles. The zero-order chi connectivity index (χ0) is 8.39. The van der Waals surface area contributed by atoms with Gasteiger partial charge in [0.05, 0.1) is 6.10 Å².